The number of rotatable bonds is 7. The third kappa shape index (κ3) is 5.35. The molecule has 2 aromatic rings. The highest BCUT2D eigenvalue weighted by atomic mass is 35.5. The molecule has 2 amide bonds. The van der Waals surface area contributed by atoms with Crippen molar-refractivity contribution < 1.29 is 19.1 Å². The van der Waals surface area contributed by atoms with E-state index in [0.717, 1.165) is 23.2 Å². The Morgan fingerprint density at radius 3 is 2.62 bits per heavy atom. The Hall–Kier alpha value is -2.86. The predicted octanol–water partition coefficient (Wildman–Crippen LogP) is 3.11. The maximum absolute atomic E-state index is 12.4. The minimum absolute atomic E-state index is 0.0866. The van der Waals surface area contributed by atoms with E-state index in [-0.39, 0.29) is 25.5 Å². The van der Waals surface area contributed by atoms with Crippen LogP contribution in [0.5, 0.6) is 0 Å². The maximum atomic E-state index is 12.4. The topological polar surface area (TPSA) is 75.7 Å². The Morgan fingerprint density at radius 2 is 1.90 bits per heavy atom. The Bertz CT molecular complexity index is 898. The van der Waals surface area contributed by atoms with Crippen LogP contribution in [0.25, 0.3) is 0 Å². The molecule has 1 aliphatic heterocycles. The monoisotopic (exact) mass is 414 g/mol. The molecular formula is C22H23ClN2O4. The first-order valence-electron chi connectivity index (χ1n) is 9.54. The summed E-state index contributed by atoms with van der Waals surface area (Å²) in [4.78, 5) is 38.3. The Morgan fingerprint density at radius 1 is 1.17 bits per heavy atom. The first-order valence-corrected chi connectivity index (χ1v) is 9.91. The number of benzene rings is 2. The second kappa shape index (κ2) is 9.56. The summed E-state index contributed by atoms with van der Waals surface area (Å²) in [6, 6.07) is 14.7. The van der Waals surface area contributed by atoms with E-state index in [1.807, 2.05) is 43.3 Å². The van der Waals surface area contributed by atoms with E-state index in [1.165, 1.54) is 0 Å². The smallest absolute Gasteiger partial charge is 0.311 e. The van der Waals surface area contributed by atoms with Crippen LogP contribution in [0, 0.1) is 5.92 Å². The van der Waals surface area contributed by atoms with Crippen LogP contribution >= 0.6 is 11.6 Å². The summed E-state index contributed by atoms with van der Waals surface area (Å²) in [6.07, 6.45) is 0.881. The molecule has 6 nitrogen and oxygen atoms in total. The minimum atomic E-state index is -0.573. The van der Waals surface area contributed by atoms with Crippen LogP contribution in [-0.4, -0.2) is 30.9 Å². The maximum Gasteiger partial charge on any atom is 0.311 e. The number of aryl methyl sites for hydroxylation is 1. The first-order chi connectivity index (χ1) is 14.0. The molecule has 1 fully saturated rings. The van der Waals surface area contributed by atoms with Gasteiger partial charge in [0, 0.05) is 30.2 Å². The van der Waals surface area contributed by atoms with Crippen molar-refractivity contribution in [2.45, 2.75) is 26.3 Å². The van der Waals surface area contributed by atoms with Gasteiger partial charge in [0.25, 0.3) is 5.91 Å². The zero-order chi connectivity index (χ0) is 20.8. The van der Waals surface area contributed by atoms with Gasteiger partial charge >= 0.3 is 5.97 Å². The summed E-state index contributed by atoms with van der Waals surface area (Å²) in [5.41, 5.74) is 2.77. The molecule has 0 aliphatic carbocycles. The summed E-state index contributed by atoms with van der Waals surface area (Å²) in [5.74, 6) is -1.61. The molecule has 1 N–H and O–H groups in total. The van der Waals surface area contributed by atoms with E-state index < -0.39 is 17.8 Å². The molecule has 3 rings (SSSR count). The van der Waals surface area contributed by atoms with Crippen LogP contribution in [0.15, 0.2) is 48.5 Å². The molecule has 1 heterocycles. The lowest BCUT2D eigenvalue weighted by Gasteiger charge is -2.19. The van der Waals surface area contributed by atoms with Crippen molar-refractivity contribution in [2.75, 3.05) is 18.1 Å². The zero-order valence-corrected chi connectivity index (χ0v) is 16.9. The number of nitrogens with one attached hydrogen (secondary N) is 1. The molecule has 29 heavy (non-hydrogen) atoms. The van der Waals surface area contributed by atoms with Crippen LogP contribution < -0.4 is 10.2 Å². The van der Waals surface area contributed by atoms with Gasteiger partial charge in [0.15, 0.2) is 6.61 Å². The van der Waals surface area contributed by atoms with Crippen molar-refractivity contribution >= 4 is 35.1 Å². The van der Waals surface area contributed by atoms with Crippen LogP contribution in [0.3, 0.4) is 0 Å². The summed E-state index contributed by atoms with van der Waals surface area (Å²) >= 11 is 5.83. The minimum Gasteiger partial charge on any atom is -0.455 e. The standard InChI is InChI=1S/C22H23ClN2O4/c1-2-16-5-3-4-6-19(16)25-13-17(11-21(25)27)22(28)29-14-20(26)24-12-15-7-9-18(23)10-8-15/h3-10,17H,2,11-14H2,1H3,(H,24,26)/t17-/m0/s1. The fourth-order valence-corrected chi connectivity index (χ4v) is 3.41. The molecule has 0 radical (unpaired) electrons. The number of anilines is 1. The molecule has 1 atom stereocenters. The highest BCUT2D eigenvalue weighted by molar-refractivity contribution is 6.30. The van der Waals surface area contributed by atoms with Gasteiger partial charge in [-0.05, 0) is 35.7 Å². The summed E-state index contributed by atoms with van der Waals surface area (Å²) < 4.78 is 5.13. The molecule has 7 heteroatoms. The number of esters is 1. The number of ether oxygens (including phenoxy) is 1. The van der Waals surface area contributed by atoms with E-state index in [1.54, 1.807) is 17.0 Å². The largest absolute Gasteiger partial charge is 0.455 e. The van der Waals surface area contributed by atoms with E-state index in [2.05, 4.69) is 5.32 Å². The van der Waals surface area contributed by atoms with Crippen LogP contribution in [0.2, 0.25) is 5.02 Å². The van der Waals surface area contributed by atoms with Gasteiger partial charge in [-0.2, -0.15) is 0 Å². The highest BCUT2D eigenvalue weighted by Gasteiger charge is 2.36. The lowest BCUT2D eigenvalue weighted by Crippen LogP contribution is -2.31. The zero-order valence-electron chi connectivity index (χ0n) is 16.2. The normalized spacial score (nSPS) is 16.0. The van der Waals surface area contributed by atoms with Gasteiger partial charge in [-0.3, -0.25) is 14.4 Å². The number of carbonyl (C=O) groups is 3. The third-order valence-electron chi connectivity index (χ3n) is 4.87. The van der Waals surface area contributed by atoms with Gasteiger partial charge in [-0.1, -0.05) is 48.9 Å². The van der Waals surface area contributed by atoms with Crippen molar-refractivity contribution in [3.8, 4) is 0 Å². The number of halogens is 1. The van der Waals surface area contributed by atoms with E-state index in [4.69, 9.17) is 16.3 Å². The second-order valence-electron chi connectivity index (χ2n) is 6.90. The molecule has 152 valence electrons. The number of hydrogen-bond donors (Lipinski definition) is 1. The summed E-state index contributed by atoms with van der Waals surface area (Å²) in [5, 5.41) is 3.31. The van der Waals surface area contributed by atoms with Gasteiger partial charge in [0.1, 0.15) is 0 Å². The molecule has 0 aromatic heterocycles. The SMILES string of the molecule is CCc1ccccc1N1C[C@@H](C(=O)OCC(=O)NCc2ccc(Cl)cc2)CC1=O. The number of carbonyl (C=O) groups excluding carboxylic acids is 3. The fraction of sp³-hybridized carbons (Fsp3) is 0.318. The van der Waals surface area contributed by atoms with Crippen LogP contribution in [-0.2, 0) is 32.1 Å². The molecule has 0 bridgehead atoms. The van der Waals surface area contributed by atoms with Gasteiger partial charge in [0.05, 0.1) is 5.92 Å². The number of hydrogen-bond acceptors (Lipinski definition) is 4. The fourth-order valence-electron chi connectivity index (χ4n) is 3.28. The molecule has 0 saturated carbocycles. The van der Waals surface area contributed by atoms with Crippen LogP contribution in [0.4, 0.5) is 5.69 Å². The van der Waals surface area contributed by atoms with Gasteiger partial charge in [-0.15, -0.1) is 0 Å². The van der Waals surface area contributed by atoms with Crippen molar-refractivity contribution in [1.29, 1.82) is 0 Å². The molecule has 2 aromatic carbocycles. The van der Waals surface area contributed by atoms with Crippen molar-refractivity contribution in [2.24, 2.45) is 5.92 Å². The molecule has 0 unspecified atom stereocenters. The van der Waals surface area contributed by atoms with Crippen molar-refractivity contribution in [3.63, 3.8) is 0 Å². The Kier molecular flexibility index (Phi) is 6.88. The van der Waals surface area contributed by atoms with Gasteiger partial charge < -0.3 is 15.0 Å². The molecule has 0 spiro atoms. The summed E-state index contributed by atoms with van der Waals surface area (Å²) in [6.45, 7) is 2.23. The lowest BCUT2D eigenvalue weighted by molar-refractivity contribution is -0.152. The first kappa shape index (κ1) is 20.9. The van der Waals surface area contributed by atoms with Crippen LogP contribution in [0.1, 0.15) is 24.5 Å². The number of amides is 2. The molecular weight excluding hydrogens is 392 g/mol. The quantitative estimate of drug-likeness (QED) is 0.706. The molecule has 1 aliphatic rings. The van der Waals surface area contributed by atoms with Gasteiger partial charge in [0.2, 0.25) is 5.91 Å². The predicted molar refractivity (Wildman–Crippen MR) is 111 cm³/mol. The van der Waals surface area contributed by atoms with E-state index >= 15 is 0 Å². The third-order valence-corrected chi connectivity index (χ3v) is 5.12. The Balaban J connectivity index is 1.49. The average Bonchev–Trinajstić information content (AvgIpc) is 3.13. The van der Waals surface area contributed by atoms with Gasteiger partial charge in [-0.25, -0.2) is 0 Å². The van der Waals surface area contributed by atoms with Crippen molar-refractivity contribution in [1.82, 2.24) is 5.32 Å². The van der Waals surface area contributed by atoms with E-state index in [9.17, 15) is 14.4 Å². The lowest BCUT2D eigenvalue weighted by atomic mass is 10.1. The van der Waals surface area contributed by atoms with E-state index in [0.29, 0.717) is 11.6 Å². The van der Waals surface area contributed by atoms with Crippen molar-refractivity contribution in [3.05, 3.63) is 64.7 Å². The molecule has 1 saturated heterocycles. The average molecular weight is 415 g/mol. The Labute approximate surface area is 174 Å². The number of nitrogens with zero attached hydrogens (tertiary/aromatic N) is 1. The highest BCUT2D eigenvalue weighted by Crippen LogP contribution is 2.29. The summed E-state index contributed by atoms with van der Waals surface area (Å²) in [7, 11) is 0. The number of para-hydroxylation sites is 1. The second-order valence-corrected chi connectivity index (χ2v) is 7.33.